The number of rotatable bonds is 4. The number of hydrogen-bond donors (Lipinski definition) is 0. The van der Waals surface area contributed by atoms with Gasteiger partial charge in [0.1, 0.15) is 17.3 Å². The largest absolute Gasteiger partial charge is 0.497 e. The number of ether oxygens (including phenoxy) is 2. The van der Waals surface area contributed by atoms with E-state index in [1.165, 1.54) is 13.2 Å². The highest BCUT2D eigenvalue weighted by molar-refractivity contribution is 9.09. The van der Waals surface area contributed by atoms with Crippen molar-refractivity contribution in [3.05, 3.63) is 58.4 Å². The van der Waals surface area contributed by atoms with Crippen LogP contribution in [0.25, 0.3) is 0 Å². The molecule has 0 radical (unpaired) electrons. The Balaban J connectivity index is 2.49. The molecule has 2 rings (SSSR count). The molecular weight excluding hydrogens is 347 g/mol. The smallest absolute Gasteiger partial charge is 0.131 e. The van der Waals surface area contributed by atoms with Crippen molar-refractivity contribution >= 4 is 27.5 Å². The van der Waals surface area contributed by atoms with E-state index in [1.54, 1.807) is 37.4 Å². The van der Waals surface area contributed by atoms with Crippen molar-refractivity contribution in [2.24, 2.45) is 0 Å². The summed E-state index contributed by atoms with van der Waals surface area (Å²) in [5, 5.41) is 0.497. The molecular formula is C15H13BrClFO2. The molecule has 2 nitrogen and oxygen atoms in total. The maximum absolute atomic E-state index is 14.1. The van der Waals surface area contributed by atoms with Crippen LogP contribution in [0.15, 0.2) is 36.4 Å². The first-order valence-corrected chi connectivity index (χ1v) is 7.17. The summed E-state index contributed by atoms with van der Waals surface area (Å²) in [6, 6.07) is 9.98. The molecule has 5 heteroatoms. The number of alkyl halides is 1. The molecule has 0 fully saturated rings. The zero-order valence-electron chi connectivity index (χ0n) is 11.0. The van der Waals surface area contributed by atoms with Gasteiger partial charge in [-0.15, -0.1) is 0 Å². The van der Waals surface area contributed by atoms with Gasteiger partial charge in [0, 0.05) is 10.6 Å². The van der Waals surface area contributed by atoms with Crippen LogP contribution in [0, 0.1) is 5.82 Å². The third-order valence-electron chi connectivity index (χ3n) is 2.97. The minimum atomic E-state index is -0.406. The molecule has 0 aliphatic heterocycles. The fourth-order valence-electron chi connectivity index (χ4n) is 1.94. The Bertz CT molecular complexity index is 619. The van der Waals surface area contributed by atoms with Crippen LogP contribution in [-0.2, 0) is 0 Å². The lowest BCUT2D eigenvalue weighted by Gasteiger charge is -2.17. The first kappa shape index (κ1) is 15.1. The van der Waals surface area contributed by atoms with Crippen LogP contribution >= 0.6 is 27.5 Å². The molecule has 0 heterocycles. The van der Waals surface area contributed by atoms with Gasteiger partial charge in [0.15, 0.2) is 0 Å². The van der Waals surface area contributed by atoms with Gasteiger partial charge in [-0.1, -0.05) is 39.7 Å². The summed E-state index contributed by atoms with van der Waals surface area (Å²) in [6.07, 6.45) is 0. The second-order valence-corrected chi connectivity index (χ2v) is 5.43. The molecule has 0 aliphatic carbocycles. The second kappa shape index (κ2) is 6.46. The van der Waals surface area contributed by atoms with Gasteiger partial charge in [-0.2, -0.15) is 0 Å². The minimum Gasteiger partial charge on any atom is -0.497 e. The summed E-state index contributed by atoms with van der Waals surface area (Å²) in [5.41, 5.74) is 1.16. The highest BCUT2D eigenvalue weighted by Gasteiger charge is 2.21. The summed E-state index contributed by atoms with van der Waals surface area (Å²) >= 11 is 9.72. The first-order valence-electron chi connectivity index (χ1n) is 5.88. The molecule has 0 saturated carbocycles. The molecule has 2 aromatic carbocycles. The van der Waals surface area contributed by atoms with Crippen molar-refractivity contribution in [2.45, 2.75) is 4.83 Å². The van der Waals surface area contributed by atoms with Crippen molar-refractivity contribution in [2.75, 3.05) is 14.2 Å². The Morgan fingerprint density at radius 3 is 2.50 bits per heavy atom. The average Bonchev–Trinajstić information content (AvgIpc) is 2.46. The number of methoxy groups -OCH3 is 2. The van der Waals surface area contributed by atoms with Crippen LogP contribution < -0.4 is 9.47 Å². The van der Waals surface area contributed by atoms with Gasteiger partial charge in [-0.05, 0) is 29.8 Å². The topological polar surface area (TPSA) is 18.5 Å². The van der Waals surface area contributed by atoms with Gasteiger partial charge in [-0.25, -0.2) is 4.39 Å². The fraction of sp³-hybridized carbons (Fsp3) is 0.200. The molecule has 1 unspecified atom stereocenters. The monoisotopic (exact) mass is 358 g/mol. The van der Waals surface area contributed by atoms with E-state index in [9.17, 15) is 4.39 Å². The van der Waals surface area contributed by atoms with Crippen LogP contribution in [0.3, 0.4) is 0 Å². The lowest BCUT2D eigenvalue weighted by molar-refractivity contribution is 0.405. The van der Waals surface area contributed by atoms with Gasteiger partial charge in [0.05, 0.1) is 19.0 Å². The molecule has 0 saturated heterocycles. The van der Waals surface area contributed by atoms with Crippen LogP contribution in [0.2, 0.25) is 5.02 Å². The molecule has 0 aromatic heterocycles. The molecule has 0 bridgehead atoms. The Hall–Kier alpha value is -1.26. The van der Waals surface area contributed by atoms with Gasteiger partial charge in [0.2, 0.25) is 0 Å². The van der Waals surface area contributed by atoms with E-state index in [0.717, 1.165) is 5.56 Å². The van der Waals surface area contributed by atoms with E-state index < -0.39 is 4.83 Å². The van der Waals surface area contributed by atoms with Gasteiger partial charge in [-0.3, -0.25) is 0 Å². The van der Waals surface area contributed by atoms with Gasteiger partial charge >= 0.3 is 0 Å². The van der Waals surface area contributed by atoms with Crippen LogP contribution in [-0.4, -0.2) is 14.2 Å². The first-order chi connectivity index (χ1) is 9.58. The maximum Gasteiger partial charge on any atom is 0.131 e. The quantitative estimate of drug-likeness (QED) is 0.717. The summed E-state index contributed by atoms with van der Waals surface area (Å²) in [5.74, 6) is 0.774. The number of benzene rings is 2. The summed E-state index contributed by atoms with van der Waals surface area (Å²) in [4.78, 5) is -0.406. The third kappa shape index (κ3) is 2.91. The highest BCUT2D eigenvalue weighted by Crippen LogP contribution is 2.41. The zero-order valence-corrected chi connectivity index (χ0v) is 13.3. The molecule has 0 spiro atoms. The van der Waals surface area contributed by atoms with Gasteiger partial charge in [0.25, 0.3) is 0 Å². The van der Waals surface area contributed by atoms with E-state index >= 15 is 0 Å². The summed E-state index contributed by atoms with van der Waals surface area (Å²) in [6.45, 7) is 0. The highest BCUT2D eigenvalue weighted by atomic mass is 79.9. The van der Waals surface area contributed by atoms with Crippen molar-refractivity contribution in [3.8, 4) is 11.5 Å². The molecule has 0 aliphatic rings. The van der Waals surface area contributed by atoms with E-state index in [2.05, 4.69) is 15.9 Å². The Morgan fingerprint density at radius 2 is 1.90 bits per heavy atom. The zero-order chi connectivity index (χ0) is 14.7. The molecule has 20 heavy (non-hydrogen) atoms. The Morgan fingerprint density at radius 1 is 1.15 bits per heavy atom. The third-order valence-corrected chi connectivity index (χ3v) is 4.25. The summed E-state index contributed by atoms with van der Waals surface area (Å²) in [7, 11) is 3.07. The number of halogens is 3. The Labute approximate surface area is 130 Å². The van der Waals surface area contributed by atoms with Crippen LogP contribution in [0.5, 0.6) is 11.5 Å². The predicted molar refractivity (Wildman–Crippen MR) is 81.7 cm³/mol. The van der Waals surface area contributed by atoms with E-state index in [1.807, 2.05) is 0 Å². The summed E-state index contributed by atoms with van der Waals surface area (Å²) < 4.78 is 24.4. The van der Waals surface area contributed by atoms with Crippen molar-refractivity contribution in [1.82, 2.24) is 0 Å². The van der Waals surface area contributed by atoms with Gasteiger partial charge < -0.3 is 9.47 Å². The van der Waals surface area contributed by atoms with Crippen molar-refractivity contribution in [3.63, 3.8) is 0 Å². The second-order valence-electron chi connectivity index (χ2n) is 4.11. The molecule has 0 N–H and O–H groups in total. The van der Waals surface area contributed by atoms with Crippen molar-refractivity contribution in [1.29, 1.82) is 0 Å². The molecule has 0 amide bonds. The standard InChI is InChI=1S/C15H13BrClFO2/c1-19-9-6-7-10(11(17)8-9)15(16)14-12(18)4-3-5-13(14)20-2/h3-8,15H,1-2H3. The van der Waals surface area contributed by atoms with Crippen LogP contribution in [0.1, 0.15) is 16.0 Å². The maximum atomic E-state index is 14.1. The van der Waals surface area contributed by atoms with E-state index in [-0.39, 0.29) is 5.82 Å². The van der Waals surface area contributed by atoms with E-state index in [4.69, 9.17) is 21.1 Å². The average molecular weight is 360 g/mol. The van der Waals surface area contributed by atoms with Crippen molar-refractivity contribution < 1.29 is 13.9 Å². The normalized spacial score (nSPS) is 12.1. The van der Waals surface area contributed by atoms with Crippen LogP contribution in [0.4, 0.5) is 4.39 Å². The number of hydrogen-bond acceptors (Lipinski definition) is 2. The fourth-order valence-corrected chi connectivity index (χ4v) is 3.19. The molecule has 1 atom stereocenters. The lowest BCUT2D eigenvalue weighted by Crippen LogP contribution is -2.01. The lowest BCUT2D eigenvalue weighted by atomic mass is 10.0. The molecule has 2 aromatic rings. The minimum absolute atomic E-state index is 0.349. The molecule has 106 valence electrons. The Kier molecular flexibility index (Phi) is 4.89. The SMILES string of the molecule is COc1ccc(C(Br)c2c(F)cccc2OC)c(Cl)c1. The predicted octanol–water partition coefficient (Wildman–Crippen LogP) is 4.98. The van der Waals surface area contributed by atoms with E-state index in [0.29, 0.717) is 22.1 Å².